The topological polar surface area (TPSA) is 23.8 Å². The van der Waals surface area contributed by atoms with Gasteiger partial charge in [-0.15, -0.1) is 11.6 Å². The Morgan fingerprint density at radius 2 is 2.18 bits per heavy atom. The summed E-state index contributed by atoms with van der Waals surface area (Å²) in [4.78, 5) is 0. The van der Waals surface area contributed by atoms with E-state index in [9.17, 15) is 0 Å². The zero-order valence-corrected chi connectivity index (χ0v) is 6.83. The summed E-state index contributed by atoms with van der Waals surface area (Å²) in [5.74, 6) is 0. The number of benzene rings is 1. The molecule has 0 aliphatic rings. The second-order valence-electron chi connectivity index (χ2n) is 2.19. The molecular weight excluding hydrogens is 129 g/mol. The summed E-state index contributed by atoms with van der Waals surface area (Å²) in [6.07, 6.45) is 1.53. The van der Waals surface area contributed by atoms with Crippen molar-refractivity contribution in [2.24, 2.45) is 0 Å². The molecule has 0 aliphatic carbocycles. The molecule has 1 rings (SSSR count). The Labute approximate surface area is 79.2 Å². The molecule has 1 aromatic rings. The summed E-state index contributed by atoms with van der Waals surface area (Å²) in [7, 11) is 0. The van der Waals surface area contributed by atoms with Gasteiger partial charge >= 0.3 is 18.9 Å². The minimum absolute atomic E-state index is 0. The third-order valence-corrected chi connectivity index (χ3v) is 1.27. The maximum atomic E-state index is 8.31. The average Bonchev–Trinajstić information content (AvgIpc) is 1.88. The number of hydrogen-bond donors (Lipinski definition) is 0. The largest absolute Gasteiger partial charge is 1.00 e. The van der Waals surface area contributed by atoms with Crippen LogP contribution in [0.1, 0.15) is 11.1 Å². The third-order valence-electron chi connectivity index (χ3n) is 1.27. The van der Waals surface area contributed by atoms with Gasteiger partial charge < -0.3 is 0 Å². The molecule has 0 unspecified atom stereocenters. The van der Waals surface area contributed by atoms with E-state index in [1.54, 1.807) is 0 Å². The third kappa shape index (κ3) is 3.19. The average molecular weight is 137 g/mol. The first-order chi connectivity index (χ1) is 4.83. The van der Waals surface area contributed by atoms with E-state index in [2.05, 4.69) is 0 Å². The summed E-state index contributed by atoms with van der Waals surface area (Å²) in [5, 5.41) is 8.31. The fraction of sp³-hybridized carbons (Fsp3) is 0.111. The van der Waals surface area contributed by atoms with Gasteiger partial charge in [0.25, 0.3) is 0 Å². The van der Waals surface area contributed by atoms with E-state index in [-0.39, 0.29) is 18.9 Å². The fourth-order valence-corrected chi connectivity index (χ4v) is 0.834. The first-order valence-corrected chi connectivity index (χ1v) is 3.12. The number of rotatable bonds is 1. The Hall–Kier alpha value is -0.823. The Morgan fingerprint density at radius 1 is 1.45 bits per heavy atom. The number of nitriles is 1. The first kappa shape index (κ1) is 10.2. The molecule has 50 valence electrons. The van der Waals surface area contributed by atoms with Crippen molar-refractivity contribution in [1.29, 1.82) is 5.26 Å². The van der Waals surface area contributed by atoms with Crippen LogP contribution >= 0.6 is 0 Å². The van der Waals surface area contributed by atoms with Gasteiger partial charge in [-0.1, -0.05) is 19.4 Å². The van der Waals surface area contributed by atoms with Crippen LogP contribution in [0, 0.1) is 24.7 Å². The van der Waals surface area contributed by atoms with Crippen molar-refractivity contribution in [1.82, 2.24) is 0 Å². The zero-order chi connectivity index (χ0) is 7.40. The van der Waals surface area contributed by atoms with Gasteiger partial charge in [-0.05, 0) is 0 Å². The van der Waals surface area contributed by atoms with E-state index in [0.29, 0.717) is 0 Å². The first-order valence-electron chi connectivity index (χ1n) is 3.12. The molecule has 0 spiro atoms. The van der Waals surface area contributed by atoms with E-state index >= 15 is 0 Å². The van der Waals surface area contributed by atoms with Crippen LogP contribution in [-0.4, -0.2) is 0 Å². The smallest absolute Gasteiger partial charge is 0.208 e. The molecule has 0 aromatic heterocycles. The normalized spacial score (nSPS) is 7.64. The molecule has 11 heavy (non-hydrogen) atoms. The Morgan fingerprint density at radius 3 is 2.73 bits per heavy atom. The van der Waals surface area contributed by atoms with Crippen molar-refractivity contribution in [3.8, 4) is 6.07 Å². The molecule has 0 saturated heterocycles. The van der Waals surface area contributed by atoms with Gasteiger partial charge in [-0.25, -0.2) is 5.26 Å². The van der Waals surface area contributed by atoms with Crippen molar-refractivity contribution in [2.75, 3.05) is 0 Å². The maximum absolute atomic E-state index is 8.31. The van der Waals surface area contributed by atoms with Crippen LogP contribution in [-0.2, 0) is 0 Å². The van der Waals surface area contributed by atoms with Gasteiger partial charge in [-0.3, -0.25) is 0 Å². The zero-order valence-electron chi connectivity index (χ0n) is 6.83. The summed E-state index contributed by atoms with van der Waals surface area (Å²) >= 11 is 0. The maximum Gasteiger partial charge on any atom is 1.00 e. The Bertz CT molecular complexity index is 263. The molecule has 1 nitrogen and oxygen atoms in total. The van der Waals surface area contributed by atoms with Gasteiger partial charge in [0.1, 0.15) is 0 Å². The summed E-state index contributed by atoms with van der Waals surface area (Å²) < 4.78 is 0. The molecule has 0 amide bonds. The van der Waals surface area contributed by atoms with Gasteiger partial charge in [0, 0.05) is 6.07 Å². The Balaban J connectivity index is 0.000001000. The van der Waals surface area contributed by atoms with Crippen molar-refractivity contribution in [3.63, 3.8) is 0 Å². The van der Waals surface area contributed by atoms with Crippen LogP contribution < -0.4 is 18.9 Å². The van der Waals surface area contributed by atoms with Crippen LogP contribution in [0.3, 0.4) is 0 Å². The van der Waals surface area contributed by atoms with Gasteiger partial charge in [-0.2, -0.15) is 17.7 Å². The molecule has 0 fully saturated rings. The van der Waals surface area contributed by atoms with E-state index < -0.39 is 0 Å². The van der Waals surface area contributed by atoms with E-state index in [4.69, 9.17) is 5.26 Å². The standard InChI is InChI=1S/C9H8N.Li/c1-8-3-2-4-9(7-8)5-6-10;/h2-5,7H,1H3;/q-1;+1. The van der Waals surface area contributed by atoms with E-state index in [1.165, 1.54) is 12.0 Å². The van der Waals surface area contributed by atoms with Crippen LogP contribution in [0.5, 0.6) is 0 Å². The molecule has 0 atom stereocenters. The summed E-state index contributed by atoms with van der Waals surface area (Å²) in [6, 6.07) is 9.83. The van der Waals surface area contributed by atoms with Crippen molar-refractivity contribution < 1.29 is 18.9 Å². The molecule has 0 bridgehead atoms. The van der Waals surface area contributed by atoms with E-state index in [0.717, 1.165) is 5.56 Å². The summed E-state index contributed by atoms with van der Waals surface area (Å²) in [6.45, 7) is 2.01. The fourth-order valence-electron chi connectivity index (χ4n) is 0.834. The van der Waals surface area contributed by atoms with Gasteiger partial charge in [0.05, 0.1) is 0 Å². The minimum atomic E-state index is 0. The predicted molar refractivity (Wildman–Crippen MR) is 40.2 cm³/mol. The molecule has 2 heteroatoms. The monoisotopic (exact) mass is 137 g/mol. The van der Waals surface area contributed by atoms with Crippen LogP contribution in [0.15, 0.2) is 24.3 Å². The minimum Gasteiger partial charge on any atom is -0.208 e. The van der Waals surface area contributed by atoms with Crippen molar-refractivity contribution in [3.05, 3.63) is 41.8 Å². The quantitative estimate of drug-likeness (QED) is 0.362. The molecule has 1 aromatic carbocycles. The molecule has 0 saturated carbocycles. The van der Waals surface area contributed by atoms with Crippen molar-refractivity contribution in [2.45, 2.75) is 6.92 Å². The molecule has 0 radical (unpaired) electrons. The molecule has 0 aliphatic heterocycles. The van der Waals surface area contributed by atoms with Gasteiger partial charge in [0.2, 0.25) is 0 Å². The SMILES string of the molecule is Cc1cccc([CH-]C#N)c1.[Li+]. The van der Waals surface area contributed by atoms with Crippen molar-refractivity contribution >= 4 is 0 Å². The number of hydrogen-bond acceptors (Lipinski definition) is 1. The van der Waals surface area contributed by atoms with Crippen LogP contribution in [0.25, 0.3) is 0 Å². The number of aryl methyl sites for hydroxylation is 1. The molecule has 0 heterocycles. The Kier molecular flexibility index (Phi) is 4.54. The van der Waals surface area contributed by atoms with E-state index in [1.807, 2.05) is 37.3 Å². The predicted octanol–water partition coefficient (Wildman–Crippen LogP) is -0.925. The number of nitrogens with zero attached hydrogens (tertiary/aromatic N) is 1. The van der Waals surface area contributed by atoms with Crippen LogP contribution in [0.2, 0.25) is 0 Å². The van der Waals surface area contributed by atoms with Gasteiger partial charge in [0.15, 0.2) is 0 Å². The summed E-state index contributed by atoms with van der Waals surface area (Å²) in [5.41, 5.74) is 2.16. The van der Waals surface area contributed by atoms with Crippen LogP contribution in [0.4, 0.5) is 0 Å². The second kappa shape index (κ2) is 4.91. The second-order valence-corrected chi connectivity index (χ2v) is 2.19. The molecule has 0 N–H and O–H groups in total. The molecular formula is C9H8LiN.